The van der Waals surface area contributed by atoms with Crippen molar-refractivity contribution < 1.29 is 14.7 Å². The molecule has 120 valence electrons. The highest BCUT2D eigenvalue weighted by molar-refractivity contribution is 5.82. The summed E-state index contributed by atoms with van der Waals surface area (Å²) in [6.45, 7) is 6.64. The number of rotatable bonds is 3. The number of piperidine rings is 1. The molecule has 2 fully saturated rings. The summed E-state index contributed by atoms with van der Waals surface area (Å²) in [6.07, 6.45) is 5.46. The fourth-order valence-electron chi connectivity index (χ4n) is 3.46. The standard InChI is InChI=1S/C16H28N2O3/c1-16(2,3)15(21)18-9-11(14(19)20)8-13(10-18)17-12-6-4-5-7-12/h11-13,17H,4-10H2,1-3H3,(H,19,20). The third-order valence-corrected chi connectivity index (χ3v) is 4.56. The summed E-state index contributed by atoms with van der Waals surface area (Å²) in [6, 6.07) is 0.600. The molecular weight excluding hydrogens is 268 g/mol. The quantitative estimate of drug-likeness (QED) is 0.834. The first kappa shape index (κ1) is 16.3. The molecule has 5 heteroatoms. The molecule has 1 amide bonds. The largest absolute Gasteiger partial charge is 0.481 e. The van der Waals surface area contributed by atoms with Crippen LogP contribution in [0, 0.1) is 11.3 Å². The summed E-state index contributed by atoms with van der Waals surface area (Å²) in [5.41, 5.74) is -0.460. The Labute approximate surface area is 127 Å². The van der Waals surface area contributed by atoms with E-state index in [2.05, 4.69) is 5.32 Å². The van der Waals surface area contributed by atoms with Crippen LogP contribution in [0.15, 0.2) is 0 Å². The highest BCUT2D eigenvalue weighted by Crippen LogP contribution is 2.26. The molecule has 1 saturated heterocycles. The van der Waals surface area contributed by atoms with Crippen molar-refractivity contribution in [2.75, 3.05) is 13.1 Å². The number of carbonyl (C=O) groups excluding carboxylic acids is 1. The van der Waals surface area contributed by atoms with E-state index in [-0.39, 0.29) is 11.9 Å². The smallest absolute Gasteiger partial charge is 0.308 e. The lowest BCUT2D eigenvalue weighted by molar-refractivity contribution is -0.149. The minimum atomic E-state index is -0.792. The fraction of sp³-hybridized carbons (Fsp3) is 0.875. The first-order valence-corrected chi connectivity index (χ1v) is 8.05. The molecule has 0 radical (unpaired) electrons. The van der Waals surface area contributed by atoms with E-state index in [1.165, 1.54) is 25.7 Å². The lowest BCUT2D eigenvalue weighted by Crippen LogP contribution is -2.56. The molecule has 0 aromatic rings. The number of carboxylic acids is 1. The summed E-state index contributed by atoms with van der Waals surface area (Å²) in [4.78, 5) is 25.6. The zero-order chi connectivity index (χ0) is 15.6. The van der Waals surface area contributed by atoms with Gasteiger partial charge in [0.2, 0.25) is 5.91 Å². The zero-order valence-corrected chi connectivity index (χ0v) is 13.4. The monoisotopic (exact) mass is 296 g/mol. The summed E-state index contributed by atoms with van der Waals surface area (Å²) in [7, 11) is 0. The molecule has 1 aliphatic heterocycles. The molecule has 2 atom stereocenters. The summed E-state index contributed by atoms with van der Waals surface area (Å²) < 4.78 is 0. The van der Waals surface area contributed by atoms with Crippen LogP contribution in [-0.2, 0) is 9.59 Å². The number of carboxylic acid groups (broad SMARTS) is 1. The van der Waals surface area contributed by atoms with E-state index >= 15 is 0 Å². The molecule has 2 aliphatic rings. The van der Waals surface area contributed by atoms with E-state index in [9.17, 15) is 14.7 Å². The Morgan fingerprint density at radius 3 is 2.24 bits per heavy atom. The van der Waals surface area contributed by atoms with Gasteiger partial charge in [0.1, 0.15) is 0 Å². The third-order valence-electron chi connectivity index (χ3n) is 4.56. The van der Waals surface area contributed by atoms with Gasteiger partial charge in [-0.2, -0.15) is 0 Å². The molecule has 0 bridgehead atoms. The van der Waals surface area contributed by atoms with Crippen LogP contribution in [0.25, 0.3) is 0 Å². The average molecular weight is 296 g/mol. The van der Waals surface area contributed by atoms with Crippen molar-refractivity contribution in [3.8, 4) is 0 Å². The average Bonchev–Trinajstić information content (AvgIpc) is 2.89. The van der Waals surface area contributed by atoms with Crippen molar-refractivity contribution in [1.29, 1.82) is 0 Å². The lowest BCUT2D eigenvalue weighted by atomic mass is 9.89. The van der Waals surface area contributed by atoms with Gasteiger partial charge >= 0.3 is 5.97 Å². The van der Waals surface area contributed by atoms with Crippen molar-refractivity contribution >= 4 is 11.9 Å². The minimum absolute atomic E-state index is 0.0478. The zero-order valence-electron chi connectivity index (χ0n) is 13.4. The summed E-state index contributed by atoms with van der Waals surface area (Å²) in [5.74, 6) is -1.20. The highest BCUT2D eigenvalue weighted by Gasteiger charge is 2.37. The van der Waals surface area contributed by atoms with Gasteiger partial charge in [-0.05, 0) is 19.3 Å². The number of nitrogens with zero attached hydrogens (tertiary/aromatic N) is 1. The van der Waals surface area contributed by atoms with Gasteiger partial charge in [0.25, 0.3) is 0 Å². The number of aliphatic carboxylic acids is 1. The summed E-state index contributed by atoms with van der Waals surface area (Å²) in [5, 5.41) is 12.9. The Morgan fingerprint density at radius 1 is 1.10 bits per heavy atom. The fourth-order valence-corrected chi connectivity index (χ4v) is 3.46. The number of hydrogen-bond acceptors (Lipinski definition) is 3. The van der Waals surface area contributed by atoms with Gasteiger partial charge in [0.15, 0.2) is 0 Å². The molecule has 1 heterocycles. The SMILES string of the molecule is CC(C)(C)C(=O)N1CC(NC2CCCC2)CC(C(=O)O)C1. The molecule has 2 N–H and O–H groups in total. The highest BCUT2D eigenvalue weighted by atomic mass is 16.4. The van der Waals surface area contributed by atoms with Gasteiger partial charge in [-0.1, -0.05) is 33.6 Å². The van der Waals surface area contributed by atoms with Crippen LogP contribution >= 0.6 is 0 Å². The number of hydrogen-bond donors (Lipinski definition) is 2. The van der Waals surface area contributed by atoms with Gasteiger partial charge in [-0.25, -0.2) is 0 Å². The Morgan fingerprint density at radius 2 is 1.71 bits per heavy atom. The van der Waals surface area contributed by atoms with E-state index in [0.29, 0.717) is 25.6 Å². The molecule has 0 aromatic heterocycles. The number of nitrogens with one attached hydrogen (secondary N) is 1. The van der Waals surface area contributed by atoms with Crippen molar-refractivity contribution in [3.63, 3.8) is 0 Å². The van der Waals surface area contributed by atoms with Gasteiger partial charge in [-0.15, -0.1) is 0 Å². The Bertz CT molecular complexity index is 397. The van der Waals surface area contributed by atoms with Gasteiger partial charge in [0, 0.05) is 30.6 Å². The molecule has 2 unspecified atom stereocenters. The Balaban J connectivity index is 2.04. The lowest BCUT2D eigenvalue weighted by Gasteiger charge is -2.40. The molecule has 1 saturated carbocycles. The van der Waals surface area contributed by atoms with Crippen LogP contribution in [0.2, 0.25) is 0 Å². The van der Waals surface area contributed by atoms with E-state index in [1.807, 2.05) is 20.8 Å². The normalized spacial score (nSPS) is 27.9. The van der Waals surface area contributed by atoms with Gasteiger partial charge in [0.05, 0.1) is 5.92 Å². The van der Waals surface area contributed by atoms with Crippen LogP contribution in [0.5, 0.6) is 0 Å². The second-order valence-electron chi connectivity index (χ2n) is 7.58. The van der Waals surface area contributed by atoms with Crippen molar-refractivity contribution in [1.82, 2.24) is 10.2 Å². The number of carbonyl (C=O) groups is 2. The minimum Gasteiger partial charge on any atom is -0.481 e. The van der Waals surface area contributed by atoms with Crippen molar-refractivity contribution in [3.05, 3.63) is 0 Å². The molecule has 0 spiro atoms. The van der Waals surface area contributed by atoms with Crippen LogP contribution in [-0.4, -0.2) is 47.1 Å². The third kappa shape index (κ3) is 4.19. The van der Waals surface area contributed by atoms with Gasteiger partial charge < -0.3 is 15.3 Å². The molecule has 1 aliphatic carbocycles. The van der Waals surface area contributed by atoms with E-state index in [0.717, 1.165) is 0 Å². The maximum Gasteiger partial charge on any atom is 0.308 e. The summed E-state index contributed by atoms with van der Waals surface area (Å²) >= 11 is 0. The second kappa shape index (κ2) is 6.34. The maximum atomic E-state index is 12.5. The maximum absolute atomic E-state index is 12.5. The topological polar surface area (TPSA) is 69.6 Å². The van der Waals surface area contributed by atoms with Crippen LogP contribution in [0.1, 0.15) is 52.9 Å². The van der Waals surface area contributed by atoms with Crippen LogP contribution in [0.3, 0.4) is 0 Å². The number of likely N-dealkylation sites (tertiary alicyclic amines) is 1. The Kier molecular flexibility index (Phi) is 4.91. The number of amides is 1. The van der Waals surface area contributed by atoms with E-state index < -0.39 is 17.3 Å². The predicted molar refractivity (Wildman–Crippen MR) is 81.0 cm³/mol. The second-order valence-corrected chi connectivity index (χ2v) is 7.58. The first-order chi connectivity index (χ1) is 9.77. The van der Waals surface area contributed by atoms with Gasteiger partial charge in [-0.3, -0.25) is 9.59 Å². The van der Waals surface area contributed by atoms with Crippen molar-refractivity contribution in [2.45, 2.75) is 65.0 Å². The van der Waals surface area contributed by atoms with Crippen LogP contribution < -0.4 is 5.32 Å². The molecule has 5 nitrogen and oxygen atoms in total. The van der Waals surface area contributed by atoms with Crippen LogP contribution in [0.4, 0.5) is 0 Å². The molecule has 0 aromatic carbocycles. The molecular formula is C16H28N2O3. The first-order valence-electron chi connectivity index (χ1n) is 8.05. The predicted octanol–water partition coefficient (Wildman–Crippen LogP) is 1.87. The Hall–Kier alpha value is -1.10. The molecule has 21 heavy (non-hydrogen) atoms. The molecule has 2 rings (SSSR count). The van der Waals surface area contributed by atoms with E-state index in [4.69, 9.17) is 0 Å². The van der Waals surface area contributed by atoms with E-state index in [1.54, 1.807) is 4.90 Å². The van der Waals surface area contributed by atoms with Crippen molar-refractivity contribution in [2.24, 2.45) is 11.3 Å².